The Labute approximate surface area is 154 Å². The molecule has 0 aromatic heterocycles. The Kier molecular flexibility index (Phi) is 5.12. The molecule has 0 radical (unpaired) electrons. The van der Waals surface area contributed by atoms with E-state index in [2.05, 4.69) is 11.8 Å². The molecule has 0 saturated carbocycles. The lowest BCUT2D eigenvalue weighted by Crippen LogP contribution is -2.32. The van der Waals surface area contributed by atoms with E-state index in [9.17, 15) is 4.79 Å². The third-order valence-electron chi connectivity index (χ3n) is 5.27. The largest absolute Gasteiger partial charge is 0.489 e. The summed E-state index contributed by atoms with van der Waals surface area (Å²) in [6.45, 7) is 0.530. The van der Waals surface area contributed by atoms with Crippen molar-refractivity contribution in [3.63, 3.8) is 0 Å². The minimum Gasteiger partial charge on any atom is -0.489 e. The molecule has 2 saturated heterocycles. The van der Waals surface area contributed by atoms with E-state index in [0.717, 1.165) is 29.7 Å². The van der Waals surface area contributed by atoms with Gasteiger partial charge in [0.25, 0.3) is 0 Å². The molecule has 0 spiro atoms. The standard InChI is InChI=1S/C22H24O2S/c23-22(18-13-20-10-5-11-21(14-18)25-20)17-8-4-9-19(12-17)24-15-16-6-2-1-3-7-16/h1-4,6-9,12,18,20-21H,5,10-11,13-15H2. The van der Waals surface area contributed by atoms with E-state index in [0.29, 0.717) is 22.9 Å². The number of carbonyl (C=O) groups is 1. The van der Waals surface area contributed by atoms with Crippen LogP contribution in [0.2, 0.25) is 0 Å². The van der Waals surface area contributed by atoms with E-state index in [-0.39, 0.29) is 5.92 Å². The molecule has 2 fully saturated rings. The monoisotopic (exact) mass is 352 g/mol. The minimum atomic E-state index is 0.195. The molecule has 2 nitrogen and oxygen atoms in total. The maximum Gasteiger partial charge on any atom is 0.166 e. The summed E-state index contributed by atoms with van der Waals surface area (Å²) in [6, 6.07) is 17.9. The van der Waals surface area contributed by atoms with Gasteiger partial charge >= 0.3 is 0 Å². The van der Waals surface area contributed by atoms with E-state index in [1.807, 2.05) is 54.6 Å². The van der Waals surface area contributed by atoms with E-state index in [4.69, 9.17) is 4.74 Å². The lowest BCUT2D eigenvalue weighted by atomic mass is 9.84. The van der Waals surface area contributed by atoms with Crippen LogP contribution in [0.1, 0.15) is 48.0 Å². The van der Waals surface area contributed by atoms with Crippen molar-refractivity contribution >= 4 is 17.5 Å². The first-order valence-electron chi connectivity index (χ1n) is 9.24. The molecule has 2 aliphatic rings. The van der Waals surface area contributed by atoms with Crippen LogP contribution in [0, 0.1) is 5.92 Å². The van der Waals surface area contributed by atoms with Gasteiger partial charge in [0.2, 0.25) is 0 Å². The van der Waals surface area contributed by atoms with Gasteiger partial charge in [-0.3, -0.25) is 4.79 Å². The number of Topliss-reactive ketones (excluding diaryl/α,β-unsaturated/α-hetero) is 1. The number of thioether (sulfide) groups is 1. The van der Waals surface area contributed by atoms with Gasteiger partial charge in [0.15, 0.2) is 5.78 Å². The molecule has 2 aromatic carbocycles. The fourth-order valence-electron chi connectivity index (χ4n) is 3.99. The molecule has 2 atom stereocenters. The molecule has 25 heavy (non-hydrogen) atoms. The molecule has 2 aliphatic heterocycles. The highest BCUT2D eigenvalue weighted by atomic mass is 32.2. The summed E-state index contributed by atoms with van der Waals surface area (Å²) in [6.07, 6.45) is 6.01. The molecule has 3 heteroatoms. The number of ketones is 1. The Bertz CT molecular complexity index is 716. The van der Waals surface area contributed by atoms with Crippen molar-refractivity contribution < 1.29 is 9.53 Å². The zero-order valence-corrected chi connectivity index (χ0v) is 15.2. The van der Waals surface area contributed by atoms with Crippen molar-refractivity contribution in [2.24, 2.45) is 5.92 Å². The zero-order valence-electron chi connectivity index (χ0n) is 14.4. The van der Waals surface area contributed by atoms with Crippen LogP contribution >= 0.6 is 11.8 Å². The second kappa shape index (κ2) is 7.65. The zero-order chi connectivity index (χ0) is 17.1. The van der Waals surface area contributed by atoms with E-state index in [1.54, 1.807) is 0 Å². The molecule has 2 aromatic rings. The maximum absolute atomic E-state index is 13.0. The fourth-order valence-corrected chi connectivity index (χ4v) is 5.83. The summed E-state index contributed by atoms with van der Waals surface area (Å²) >= 11 is 2.12. The Morgan fingerprint density at radius 1 is 1.00 bits per heavy atom. The number of hydrogen-bond acceptors (Lipinski definition) is 3. The number of hydrogen-bond donors (Lipinski definition) is 0. The first-order chi connectivity index (χ1) is 12.3. The average molecular weight is 352 g/mol. The molecule has 4 rings (SSSR count). The van der Waals surface area contributed by atoms with Crippen molar-refractivity contribution in [3.05, 3.63) is 65.7 Å². The summed E-state index contributed by atoms with van der Waals surface area (Å²) in [5.74, 6) is 1.28. The normalized spacial score (nSPS) is 25.4. The van der Waals surface area contributed by atoms with E-state index >= 15 is 0 Å². The van der Waals surface area contributed by atoms with Crippen molar-refractivity contribution in [2.75, 3.05) is 0 Å². The molecule has 2 heterocycles. The molecule has 0 amide bonds. The van der Waals surface area contributed by atoms with Crippen molar-refractivity contribution in [3.8, 4) is 5.75 Å². The van der Waals surface area contributed by atoms with Crippen molar-refractivity contribution in [1.82, 2.24) is 0 Å². The second-order valence-corrected chi connectivity index (χ2v) is 8.75. The number of fused-ring (bicyclic) bond motifs is 2. The van der Waals surface area contributed by atoms with Crippen LogP contribution in [-0.2, 0) is 6.61 Å². The molecule has 2 unspecified atom stereocenters. The van der Waals surface area contributed by atoms with Gasteiger partial charge in [-0.1, -0.05) is 48.9 Å². The smallest absolute Gasteiger partial charge is 0.166 e. The molecule has 0 N–H and O–H groups in total. The van der Waals surface area contributed by atoms with Crippen LogP contribution < -0.4 is 4.74 Å². The molecule has 0 aliphatic carbocycles. The van der Waals surface area contributed by atoms with Gasteiger partial charge < -0.3 is 4.74 Å². The first kappa shape index (κ1) is 16.7. The van der Waals surface area contributed by atoms with Gasteiger partial charge in [-0.15, -0.1) is 0 Å². The second-order valence-electron chi connectivity index (χ2n) is 7.15. The Hall–Kier alpha value is -1.74. The van der Waals surface area contributed by atoms with Crippen molar-refractivity contribution in [2.45, 2.75) is 49.2 Å². The minimum absolute atomic E-state index is 0.195. The van der Waals surface area contributed by atoms with Gasteiger partial charge in [-0.2, -0.15) is 11.8 Å². The predicted octanol–water partition coefficient (Wildman–Crippen LogP) is 5.51. The van der Waals surface area contributed by atoms with Gasteiger partial charge in [-0.05, 0) is 43.4 Å². The summed E-state index contributed by atoms with van der Waals surface area (Å²) in [5.41, 5.74) is 1.94. The summed E-state index contributed by atoms with van der Waals surface area (Å²) in [4.78, 5) is 13.0. The van der Waals surface area contributed by atoms with Gasteiger partial charge in [0.1, 0.15) is 12.4 Å². The summed E-state index contributed by atoms with van der Waals surface area (Å²) in [7, 11) is 0. The van der Waals surface area contributed by atoms with Gasteiger partial charge in [0, 0.05) is 22.0 Å². The molecule has 130 valence electrons. The topological polar surface area (TPSA) is 26.3 Å². The van der Waals surface area contributed by atoms with Crippen LogP contribution in [0.25, 0.3) is 0 Å². The highest BCUT2D eigenvalue weighted by molar-refractivity contribution is 8.00. The third kappa shape index (κ3) is 4.09. The predicted molar refractivity (Wildman–Crippen MR) is 103 cm³/mol. The van der Waals surface area contributed by atoms with Crippen LogP contribution in [0.15, 0.2) is 54.6 Å². The van der Waals surface area contributed by atoms with Crippen LogP contribution in [0.3, 0.4) is 0 Å². The number of ether oxygens (including phenoxy) is 1. The van der Waals surface area contributed by atoms with Gasteiger partial charge in [-0.25, -0.2) is 0 Å². The number of benzene rings is 2. The Morgan fingerprint density at radius 3 is 2.52 bits per heavy atom. The Morgan fingerprint density at radius 2 is 1.76 bits per heavy atom. The van der Waals surface area contributed by atoms with Gasteiger partial charge in [0.05, 0.1) is 0 Å². The van der Waals surface area contributed by atoms with Crippen LogP contribution in [0.5, 0.6) is 5.75 Å². The fraction of sp³-hybridized carbons (Fsp3) is 0.409. The highest BCUT2D eigenvalue weighted by Crippen LogP contribution is 2.44. The highest BCUT2D eigenvalue weighted by Gasteiger charge is 2.35. The SMILES string of the molecule is O=C(c1cccc(OCc2ccccc2)c1)C1CC2CCCC(C1)S2. The Balaban J connectivity index is 1.42. The quantitative estimate of drug-likeness (QED) is 0.664. The van der Waals surface area contributed by atoms with E-state index < -0.39 is 0 Å². The summed E-state index contributed by atoms with van der Waals surface area (Å²) < 4.78 is 5.89. The average Bonchev–Trinajstić information content (AvgIpc) is 2.66. The lowest BCUT2D eigenvalue weighted by Gasteiger charge is -2.38. The van der Waals surface area contributed by atoms with Crippen LogP contribution in [-0.4, -0.2) is 16.3 Å². The van der Waals surface area contributed by atoms with Crippen LogP contribution in [0.4, 0.5) is 0 Å². The summed E-state index contributed by atoms with van der Waals surface area (Å²) in [5, 5.41) is 1.39. The maximum atomic E-state index is 13.0. The molecular weight excluding hydrogens is 328 g/mol. The number of rotatable bonds is 5. The van der Waals surface area contributed by atoms with Crippen molar-refractivity contribution in [1.29, 1.82) is 0 Å². The number of carbonyl (C=O) groups excluding carboxylic acids is 1. The third-order valence-corrected chi connectivity index (χ3v) is 6.90. The molecule has 2 bridgehead atoms. The molecular formula is C22H24O2S. The lowest BCUT2D eigenvalue weighted by molar-refractivity contribution is 0.0896. The van der Waals surface area contributed by atoms with E-state index in [1.165, 1.54) is 19.3 Å². The first-order valence-corrected chi connectivity index (χ1v) is 10.2.